The van der Waals surface area contributed by atoms with Gasteiger partial charge in [-0.3, -0.25) is 0 Å². The monoisotopic (exact) mass is 267 g/mol. The molecule has 1 aromatic rings. The van der Waals surface area contributed by atoms with Crippen molar-refractivity contribution in [1.82, 2.24) is 5.32 Å². The normalized spacial score (nSPS) is 23.9. The Hall–Kier alpha value is -0.730. The van der Waals surface area contributed by atoms with E-state index in [2.05, 4.69) is 18.3 Å². The quantitative estimate of drug-likeness (QED) is 0.891. The third kappa shape index (κ3) is 2.99. The van der Waals surface area contributed by atoms with Crippen molar-refractivity contribution in [3.63, 3.8) is 0 Å². The first-order chi connectivity index (χ1) is 8.76. The van der Waals surface area contributed by atoms with Crippen molar-refractivity contribution in [2.75, 3.05) is 13.7 Å². The van der Waals surface area contributed by atoms with Crippen molar-refractivity contribution >= 4 is 11.6 Å². The molecule has 1 fully saturated rings. The number of hydrogen-bond donors (Lipinski definition) is 1. The average molecular weight is 268 g/mol. The van der Waals surface area contributed by atoms with Gasteiger partial charge in [0.25, 0.3) is 0 Å². The minimum Gasteiger partial charge on any atom is -0.496 e. The molecular weight excluding hydrogens is 246 g/mol. The first-order valence-corrected chi connectivity index (χ1v) is 7.21. The number of benzene rings is 1. The van der Waals surface area contributed by atoms with Crippen LogP contribution in [0.1, 0.15) is 44.1 Å². The highest BCUT2D eigenvalue weighted by molar-refractivity contribution is 6.30. The van der Waals surface area contributed by atoms with Crippen LogP contribution >= 0.6 is 11.6 Å². The molecule has 1 aliphatic carbocycles. The molecule has 0 amide bonds. The number of nitrogens with one attached hydrogen (secondary N) is 1. The summed E-state index contributed by atoms with van der Waals surface area (Å²) in [5.41, 5.74) is 1.26. The van der Waals surface area contributed by atoms with Crippen molar-refractivity contribution < 1.29 is 4.74 Å². The molecule has 1 aliphatic rings. The highest BCUT2D eigenvalue weighted by atomic mass is 35.5. The molecule has 0 radical (unpaired) electrons. The van der Waals surface area contributed by atoms with Crippen molar-refractivity contribution in [2.24, 2.45) is 0 Å². The number of ether oxygens (including phenoxy) is 1. The zero-order valence-electron chi connectivity index (χ0n) is 11.2. The van der Waals surface area contributed by atoms with E-state index in [0.717, 1.165) is 17.3 Å². The average Bonchev–Trinajstić information content (AvgIpc) is 2.40. The summed E-state index contributed by atoms with van der Waals surface area (Å²) >= 11 is 6.14. The molecule has 0 aliphatic heterocycles. The van der Waals surface area contributed by atoms with Crippen LogP contribution in [0, 0.1) is 0 Å². The van der Waals surface area contributed by atoms with Gasteiger partial charge in [-0.25, -0.2) is 0 Å². The topological polar surface area (TPSA) is 21.3 Å². The molecular formula is C15H22ClNO. The maximum atomic E-state index is 6.14. The first kappa shape index (κ1) is 13.7. The van der Waals surface area contributed by atoms with E-state index in [1.54, 1.807) is 7.11 Å². The van der Waals surface area contributed by atoms with Gasteiger partial charge in [0.05, 0.1) is 7.11 Å². The highest BCUT2D eigenvalue weighted by Crippen LogP contribution is 2.38. The Kier molecular flexibility index (Phi) is 4.90. The number of methoxy groups -OCH3 is 1. The van der Waals surface area contributed by atoms with E-state index in [9.17, 15) is 0 Å². The predicted molar refractivity (Wildman–Crippen MR) is 76.7 cm³/mol. The van der Waals surface area contributed by atoms with Crippen molar-refractivity contribution in [2.45, 2.75) is 44.6 Å². The van der Waals surface area contributed by atoms with Gasteiger partial charge in [-0.05, 0) is 37.6 Å². The molecule has 0 heterocycles. The predicted octanol–water partition coefficient (Wildman–Crippen LogP) is 3.98. The maximum absolute atomic E-state index is 6.14. The fourth-order valence-corrected chi connectivity index (χ4v) is 3.19. The molecule has 2 unspecified atom stereocenters. The van der Waals surface area contributed by atoms with Crippen molar-refractivity contribution in [3.05, 3.63) is 28.8 Å². The molecule has 1 aromatic carbocycles. The number of hydrogen-bond acceptors (Lipinski definition) is 2. The summed E-state index contributed by atoms with van der Waals surface area (Å²) in [6.07, 6.45) is 5.07. The molecule has 2 rings (SSSR count). The Morgan fingerprint density at radius 1 is 1.33 bits per heavy atom. The summed E-state index contributed by atoms with van der Waals surface area (Å²) in [6, 6.07) is 6.50. The lowest BCUT2D eigenvalue weighted by Gasteiger charge is -2.33. The largest absolute Gasteiger partial charge is 0.496 e. The summed E-state index contributed by atoms with van der Waals surface area (Å²) in [6.45, 7) is 3.19. The van der Waals surface area contributed by atoms with Crippen LogP contribution in [0.4, 0.5) is 0 Å². The molecule has 0 spiro atoms. The molecule has 1 N–H and O–H groups in total. The molecule has 18 heavy (non-hydrogen) atoms. The maximum Gasteiger partial charge on any atom is 0.122 e. The second-order valence-corrected chi connectivity index (χ2v) is 5.38. The highest BCUT2D eigenvalue weighted by Gasteiger charge is 2.28. The van der Waals surface area contributed by atoms with Gasteiger partial charge in [-0.15, -0.1) is 0 Å². The lowest BCUT2D eigenvalue weighted by Crippen LogP contribution is -2.37. The summed E-state index contributed by atoms with van der Waals surface area (Å²) in [7, 11) is 1.73. The molecule has 100 valence electrons. The van der Waals surface area contributed by atoms with E-state index >= 15 is 0 Å². The van der Waals surface area contributed by atoms with Crippen LogP contribution < -0.4 is 10.1 Å². The Bertz CT molecular complexity index is 392. The number of likely N-dealkylation sites (N-methyl/N-ethyl adjacent to an activating group) is 1. The van der Waals surface area contributed by atoms with Crippen LogP contribution in [0.2, 0.25) is 5.02 Å². The third-order valence-electron chi connectivity index (χ3n) is 3.82. The van der Waals surface area contributed by atoms with Crippen LogP contribution in [0.15, 0.2) is 18.2 Å². The van der Waals surface area contributed by atoms with E-state index in [-0.39, 0.29) is 0 Å². The van der Waals surface area contributed by atoms with E-state index < -0.39 is 0 Å². The summed E-state index contributed by atoms with van der Waals surface area (Å²) in [5, 5.41) is 4.40. The minimum absolute atomic E-state index is 0.521. The van der Waals surface area contributed by atoms with Crippen molar-refractivity contribution in [1.29, 1.82) is 0 Å². The molecule has 0 aromatic heterocycles. The lowest BCUT2D eigenvalue weighted by molar-refractivity contribution is 0.321. The Morgan fingerprint density at radius 2 is 2.11 bits per heavy atom. The van der Waals surface area contributed by atoms with Crippen LogP contribution in [0.3, 0.4) is 0 Å². The van der Waals surface area contributed by atoms with E-state index in [0.29, 0.717) is 12.0 Å². The van der Waals surface area contributed by atoms with Gasteiger partial charge >= 0.3 is 0 Å². The summed E-state index contributed by atoms with van der Waals surface area (Å²) in [4.78, 5) is 0. The SMILES string of the molecule is CCNC1CCCCC1c1cc(Cl)ccc1OC. The Balaban J connectivity index is 2.29. The lowest BCUT2D eigenvalue weighted by atomic mass is 9.79. The van der Waals surface area contributed by atoms with Gasteiger partial charge in [0.2, 0.25) is 0 Å². The molecule has 2 nitrogen and oxygen atoms in total. The number of halogens is 1. The fourth-order valence-electron chi connectivity index (χ4n) is 3.00. The van der Waals surface area contributed by atoms with Crippen molar-refractivity contribution in [3.8, 4) is 5.75 Å². The zero-order chi connectivity index (χ0) is 13.0. The Labute approximate surface area is 115 Å². The molecule has 1 saturated carbocycles. The molecule has 0 saturated heterocycles. The first-order valence-electron chi connectivity index (χ1n) is 6.83. The zero-order valence-corrected chi connectivity index (χ0v) is 12.0. The van der Waals surface area contributed by atoms with Crippen LogP contribution in [0.25, 0.3) is 0 Å². The van der Waals surface area contributed by atoms with Gasteiger partial charge in [-0.1, -0.05) is 31.4 Å². The molecule has 3 heteroatoms. The second kappa shape index (κ2) is 6.44. The summed E-state index contributed by atoms with van der Waals surface area (Å²) < 4.78 is 5.49. The summed E-state index contributed by atoms with van der Waals surface area (Å²) in [5.74, 6) is 1.49. The molecule has 0 bridgehead atoms. The van der Waals surface area contributed by atoms with Gasteiger partial charge < -0.3 is 10.1 Å². The van der Waals surface area contributed by atoms with Gasteiger partial charge in [0.1, 0.15) is 5.75 Å². The van der Waals surface area contributed by atoms with E-state index in [1.807, 2.05) is 12.1 Å². The second-order valence-electron chi connectivity index (χ2n) is 4.94. The fraction of sp³-hybridized carbons (Fsp3) is 0.600. The molecule has 2 atom stereocenters. The van der Waals surface area contributed by atoms with Gasteiger partial charge in [0.15, 0.2) is 0 Å². The minimum atomic E-state index is 0.521. The van der Waals surface area contributed by atoms with Crippen LogP contribution in [-0.2, 0) is 0 Å². The van der Waals surface area contributed by atoms with Crippen LogP contribution in [0.5, 0.6) is 5.75 Å². The third-order valence-corrected chi connectivity index (χ3v) is 4.06. The number of rotatable bonds is 4. The van der Waals surface area contributed by atoms with E-state index in [4.69, 9.17) is 16.3 Å². The standard InChI is InChI=1S/C15H22ClNO/c1-3-17-14-7-5-4-6-12(14)13-10-11(16)8-9-15(13)18-2/h8-10,12,14,17H,3-7H2,1-2H3. The Morgan fingerprint density at radius 3 is 2.83 bits per heavy atom. The van der Waals surface area contributed by atoms with Crippen LogP contribution in [-0.4, -0.2) is 19.7 Å². The van der Waals surface area contributed by atoms with Gasteiger partial charge in [-0.2, -0.15) is 0 Å². The van der Waals surface area contributed by atoms with E-state index in [1.165, 1.54) is 31.2 Å². The smallest absolute Gasteiger partial charge is 0.122 e. The van der Waals surface area contributed by atoms with Gasteiger partial charge in [0, 0.05) is 22.5 Å².